The van der Waals surface area contributed by atoms with E-state index in [0.29, 0.717) is 0 Å². The van der Waals surface area contributed by atoms with E-state index in [9.17, 15) is 0 Å². The van der Waals surface area contributed by atoms with Gasteiger partial charge < -0.3 is 5.32 Å². The molecule has 1 heteroatoms. The predicted octanol–water partition coefficient (Wildman–Crippen LogP) is 3.30. The van der Waals surface area contributed by atoms with Crippen LogP contribution in [0.2, 0.25) is 0 Å². The third-order valence-corrected chi connectivity index (χ3v) is 4.56. The molecule has 2 aliphatic heterocycles. The van der Waals surface area contributed by atoms with Crippen molar-refractivity contribution in [1.29, 1.82) is 0 Å². The highest BCUT2D eigenvalue weighted by Gasteiger charge is 2.34. The van der Waals surface area contributed by atoms with E-state index < -0.39 is 0 Å². The Labute approximate surface area is 98.3 Å². The summed E-state index contributed by atoms with van der Waals surface area (Å²) in [5, 5.41) is 3.72. The standard InChI is InChI=1S/C15H21N/c1-10-4-3-5-15(11(10)2)12-8-13-6-7-14(9-12)16-13/h3-5,12-14,16H,6-9H2,1-2H3/t12?,13-,14+. The number of benzene rings is 1. The zero-order valence-corrected chi connectivity index (χ0v) is 10.3. The minimum absolute atomic E-state index is 0.795. The Balaban J connectivity index is 1.89. The van der Waals surface area contributed by atoms with E-state index in [4.69, 9.17) is 0 Å². The Morgan fingerprint density at radius 2 is 1.75 bits per heavy atom. The van der Waals surface area contributed by atoms with E-state index in [1.807, 2.05) is 0 Å². The van der Waals surface area contributed by atoms with Crippen LogP contribution in [0.3, 0.4) is 0 Å². The lowest BCUT2D eigenvalue weighted by Gasteiger charge is -2.30. The Hall–Kier alpha value is -0.820. The highest BCUT2D eigenvalue weighted by atomic mass is 15.0. The SMILES string of the molecule is Cc1cccc(C2C[C@H]3CC[C@@H](C2)N3)c1C. The smallest absolute Gasteiger partial charge is 0.00760 e. The van der Waals surface area contributed by atoms with E-state index in [-0.39, 0.29) is 0 Å². The lowest BCUT2D eigenvalue weighted by Crippen LogP contribution is -2.37. The summed E-state index contributed by atoms with van der Waals surface area (Å²) in [4.78, 5) is 0. The normalized spacial score (nSPS) is 33.0. The van der Waals surface area contributed by atoms with Gasteiger partial charge in [-0.15, -0.1) is 0 Å². The average molecular weight is 215 g/mol. The fraction of sp³-hybridized carbons (Fsp3) is 0.600. The van der Waals surface area contributed by atoms with Crippen LogP contribution in [-0.2, 0) is 0 Å². The summed E-state index contributed by atoms with van der Waals surface area (Å²) in [5.74, 6) is 0.804. The monoisotopic (exact) mass is 215 g/mol. The van der Waals surface area contributed by atoms with Crippen LogP contribution >= 0.6 is 0 Å². The van der Waals surface area contributed by atoms with Crippen molar-refractivity contribution >= 4 is 0 Å². The second kappa shape index (κ2) is 3.89. The van der Waals surface area contributed by atoms with Gasteiger partial charge in [-0.25, -0.2) is 0 Å². The molecule has 0 radical (unpaired) electrons. The van der Waals surface area contributed by atoms with Crippen molar-refractivity contribution < 1.29 is 0 Å². The Morgan fingerprint density at radius 1 is 1.06 bits per heavy atom. The molecule has 2 heterocycles. The highest BCUT2D eigenvalue weighted by Crippen LogP contribution is 2.38. The zero-order valence-electron chi connectivity index (χ0n) is 10.3. The third kappa shape index (κ3) is 1.67. The third-order valence-electron chi connectivity index (χ3n) is 4.56. The van der Waals surface area contributed by atoms with Crippen molar-refractivity contribution in [3.05, 3.63) is 34.9 Å². The number of piperidine rings is 1. The fourth-order valence-electron chi connectivity index (χ4n) is 3.53. The molecule has 0 aromatic heterocycles. The van der Waals surface area contributed by atoms with Gasteiger partial charge in [0.1, 0.15) is 0 Å². The van der Waals surface area contributed by atoms with Gasteiger partial charge in [0.05, 0.1) is 0 Å². The number of fused-ring (bicyclic) bond motifs is 2. The molecule has 1 N–H and O–H groups in total. The number of nitrogens with one attached hydrogen (secondary N) is 1. The Bertz CT molecular complexity index is 384. The molecular weight excluding hydrogens is 194 g/mol. The minimum atomic E-state index is 0.795. The van der Waals surface area contributed by atoms with Crippen LogP contribution < -0.4 is 5.32 Å². The number of hydrogen-bond donors (Lipinski definition) is 1. The molecule has 0 aliphatic carbocycles. The van der Waals surface area contributed by atoms with Gasteiger partial charge in [0.2, 0.25) is 0 Å². The molecule has 0 amide bonds. The topological polar surface area (TPSA) is 12.0 Å². The molecule has 3 atom stereocenters. The summed E-state index contributed by atoms with van der Waals surface area (Å²) < 4.78 is 0. The summed E-state index contributed by atoms with van der Waals surface area (Å²) in [6.45, 7) is 4.52. The minimum Gasteiger partial charge on any atom is -0.311 e. The van der Waals surface area contributed by atoms with Crippen LogP contribution in [0.5, 0.6) is 0 Å². The second-order valence-corrected chi connectivity index (χ2v) is 5.60. The van der Waals surface area contributed by atoms with E-state index in [1.54, 1.807) is 5.56 Å². The molecule has 1 unspecified atom stereocenters. The maximum atomic E-state index is 3.72. The molecule has 86 valence electrons. The van der Waals surface area contributed by atoms with Crippen molar-refractivity contribution in [3.63, 3.8) is 0 Å². The van der Waals surface area contributed by atoms with Crippen molar-refractivity contribution in [1.82, 2.24) is 5.32 Å². The van der Waals surface area contributed by atoms with Crippen molar-refractivity contribution in [2.24, 2.45) is 0 Å². The first kappa shape index (κ1) is 10.3. The maximum Gasteiger partial charge on any atom is 0.00760 e. The molecule has 2 aliphatic rings. The van der Waals surface area contributed by atoms with Gasteiger partial charge in [0, 0.05) is 12.1 Å². The van der Waals surface area contributed by atoms with Gasteiger partial charge in [0.25, 0.3) is 0 Å². The summed E-state index contributed by atoms with van der Waals surface area (Å²) in [6.07, 6.45) is 5.49. The van der Waals surface area contributed by atoms with Crippen LogP contribution in [0.4, 0.5) is 0 Å². The molecule has 0 spiro atoms. The lowest BCUT2D eigenvalue weighted by molar-refractivity contribution is 0.362. The van der Waals surface area contributed by atoms with E-state index >= 15 is 0 Å². The number of rotatable bonds is 1. The van der Waals surface area contributed by atoms with Gasteiger partial charge in [0.15, 0.2) is 0 Å². The predicted molar refractivity (Wildman–Crippen MR) is 67.8 cm³/mol. The zero-order chi connectivity index (χ0) is 11.1. The average Bonchev–Trinajstić information content (AvgIpc) is 2.62. The van der Waals surface area contributed by atoms with Crippen molar-refractivity contribution in [2.75, 3.05) is 0 Å². The van der Waals surface area contributed by atoms with Gasteiger partial charge in [-0.2, -0.15) is 0 Å². The van der Waals surface area contributed by atoms with Crippen LogP contribution in [0, 0.1) is 13.8 Å². The van der Waals surface area contributed by atoms with Crippen molar-refractivity contribution in [2.45, 2.75) is 57.5 Å². The summed E-state index contributed by atoms with van der Waals surface area (Å²) >= 11 is 0. The van der Waals surface area contributed by atoms with E-state index in [2.05, 4.69) is 37.4 Å². The van der Waals surface area contributed by atoms with E-state index in [0.717, 1.165) is 18.0 Å². The molecule has 3 rings (SSSR count). The summed E-state index contributed by atoms with van der Waals surface area (Å²) in [6, 6.07) is 8.39. The molecule has 1 aromatic carbocycles. The summed E-state index contributed by atoms with van der Waals surface area (Å²) in [7, 11) is 0. The first-order valence-corrected chi connectivity index (χ1v) is 6.56. The molecular formula is C15H21N. The Kier molecular flexibility index (Phi) is 2.51. The van der Waals surface area contributed by atoms with Gasteiger partial charge in [-0.05, 0) is 62.1 Å². The van der Waals surface area contributed by atoms with Crippen molar-refractivity contribution in [3.8, 4) is 0 Å². The Morgan fingerprint density at radius 3 is 2.44 bits per heavy atom. The molecule has 2 fully saturated rings. The number of hydrogen-bond acceptors (Lipinski definition) is 1. The quantitative estimate of drug-likeness (QED) is 0.758. The van der Waals surface area contributed by atoms with Crippen LogP contribution in [-0.4, -0.2) is 12.1 Å². The molecule has 2 saturated heterocycles. The second-order valence-electron chi connectivity index (χ2n) is 5.60. The van der Waals surface area contributed by atoms with Gasteiger partial charge in [-0.1, -0.05) is 18.2 Å². The fourth-order valence-corrected chi connectivity index (χ4v) is 3.53. The molecule has 1 aromatic rings. The van der Waals surface area contributed by atoms with E-state index in [1.165, 1.54) is 36.8 Å². The van der Waals surface area contributed by atoms with Crippen LogP contribution in [0.25, 0.3) is 0 Å². The maximum absolute atomic E-state index is 3.72. The lowest BCUT2D eigenvalue weighted by atomic mass is 9.83. The van der Waals surface area contributed by atoms with Crippen LogP contribution in [0.1, 0.15) is 48.3 Å². The highest BCUT2D eigenvalue weighted by molar-refractivity contribution is 5.36. The first-order valence-electron chi connectivity index (χ1n) is 6.56. The largest absolute Gasteiger partial charge is 0.311 e. The number of aryl methyl sites for hydroxylation is 1. The molecule has 2 bridgehead atoms. The molecule has 1 nitrogen and oxygen atoms in total. The van der Waals surface area contributed by atoms with Gasteiger partial charge >= 0.3 is 0 Å². The van der Waals surface area contributed by atoms with Gasteiger partial charge in [-0.3, -0.25) is 0 Å². The first-order chi connectivity index (χ1) is 7.74. The molecule has 0 saturated carbocycles. The molecule has 16 heavy (non-hydrogen) atoms. The summed E-state index contributed by atoms with van der Waals surface area (Å²) in [5.41, 5.74) is 4.58. The van der Waals surface area contributed by atoms with Crippen LogP contribution in [0.15, 0.2) is 18.2 Å².